The van der Waals surface area contributed by atoms with Gasteiger partial charge < -0.3 is 0 Å². The van der Waals surface area contributed by atoms with Crippen molar-refractivity contribution in [1.29, 1.82) is 0 Å². The van der Waals surface area contributed by atoms with Crippen molar-refractivity contribution in [3.63, 3.8) is 0 Å². The number of rotatable bonds is 6. The van der Waals surface area contributed by atoms with E-state index in [1.54, 1.807) is 23.5 Å². The highest BCUT2D eigenvalue weighted by atomic mass is 32.2. The third kappa shape index (κ3) is 5.36. The Balaban J connectivity index is 1.36. The molecule has 0 saturated heterocycles. The largest absolute Gasteiger partial charge is 0.219 e. The molecular weight excluding hydrogens is 665 g/mol. The molecule has 5 heterocycles. The molecule has 0 radical (unpaired) electrons. The monoisotopic (exact) mass is 704 g/mol. The van der Waals surface area contributed by atoms with Crippen LogP contribution in [-0.4, -0.2) is 33.0 Å². The fourth-order valence-corrected chi connectivity index (χ4v) is 21.4. The lowest BCUT2D eigenvalue weighted by molar-refractivity contribution is 0.610. The third-order valence-electron chi connectivity index (χ3n) is 9.70. The van der Waals surface area contributed by atoms with E-state index in [2.05, 4.69) is 79.9 Å². The molecule has 0 N–H and O–H groups in total. The SMILES string of the molecule is CC(C)(C)[Si](C)(C)C1=CC=C(c2ccc(-c3ccc(-c4ccc(C5=CC=C([Si](C)(C)C(C)(C)C)S5(=O)=O)s4)s3)s2)S1(=O)=O. The van der Waals surface area contributed by atoms with E-state index in [0.717, 1.165) is 29.3 Å². The first-order valence-electron chi connectivity index (χ1n) is 14.3. The van der Waals surface area contributed by atoms with Crippen LogP contribution in [0.15, 0.2) is 69.8 Å². The maximum Gasteiger partial charge on any atom is 0.200 e. The van der Waals surface area contributed by atoms with Crippen molar-refractivity contribution in [3.8, 4) is 19.5 Å². The van der Waals surface area contributed by atoms with Crippen molar-refractivity contribution in [2.24, 2.45) is 0 Å². The van der Waals surface area contributed by atoms with Crippen LogP contribution in [0, 0.1) is 0 Å². The topological polar surface area (TPSA) is 68.3 Å². The third-order valence-corrected chi connectivity index (χ3v) is 31.9. The minimum Gasteiger partial charge on any atom is -0.219 e. The van der Waals surface area contributed by atoms with Gasteiger partial charge in [0.15, 0.2) is 19.7 Å². The van der Waals surface area contributed by atoms with E-state index in [0.29, 0.717) is 18.9 Å². The Hall–Kier alpha value is -1.61. The average molecular weight is 705 g/mol. The van der Waals surface area contributed by atoms with Crippen molar-refractivity contribution >= 4 is 79.6 Å². The molecule has 0 aromatic carbocycles. The molecule has 2 aliphatic heterocycles. The highest BCUT2D eigenvalue weighted by Gasteiger charge is 2.48. The Morgan fingerprint density at radius 1 is 0.465 bits per heavy atom. The van der Waals surface area contributed by atoms with E-state index in [-0.39, 0.29) is 10.1 Å². The first kappa shape index (κ1) is 32.8. The molecule has 0 amide bonds. The van der Waals surface area contributed by atoms with Gasteiger partial charge in [0.05, 0.1) is 9.81 Å². The van der Waals surface area contributed by atoms with Crippen LogP contribution in [0.1, 0.15) is 51.3 Å². The van der Waals surface area contributed by atoms with E-state index >= 15 is 0 Å². The second-order valence-corrected chi connectivity index (χ2v) is 32.7. The van der Waals surface area contributed by atoms with Crippen LogP contribution in [0.2, 0.25) is 36.3 Å². The molecule has 5 rings (SSSR count). The van der Waals surface area contributed by atoms with Crippen LogP contribution in [0.25, 0.3) is 29.3 Å². The summed E-state index contributed by atoms with van der Waals surface area (Å²) >= 11 is 4.64. The van der Waals surface area contributed by atoms with Crippen LogP contribution < -0.4 is 0 Å². The quantitative estimate of drug-likeness (QED) is 0.240. The Bertz CT molecular complexity index is 1820. The van der Waals surface area contributed by atoms with Gasteiger partial charge in [0.25, 0.3) is 0 Å². The van der Waals surface area contributed by atoms with Gasteiger partial charge in [-0.15, -0.1) is 34.0 Å². The molecule has 0 saturated carbocycles. The summed E-state index contributed by atoms with van der Waals surface area (Å²) < 4.78 is 55.9. The lowest BCUT2D eigenvalue weighted by atomic mass is 10.2. The van der Waals surface area contributed by atoms with Gasteiger partial charge in [0.1, 0.15) is 16.1 Å². The van der Waals surface area contributed by atoms with E-state index < -0.39 is 35.8 Å². The summed E-state index contributed by atoms with van der Waals surface area (Å²) in [6.07, 6.45) is 7.24. The zero-order chi connectivity index (χ0) is 32.0. The standard InChI is InChI=1S/C32H40O4S5Si2/c1-31(2,3)42(7,8)29-19-17-27(40(29,33)34)25-15-13-23(38-25)21-11-12-22(37-21)24-14-16-26(39-24)28-18-20-30(41(28,35)36)43(9,10)32(4,5)6/h11-20H,1-10H3. The van der Waals surface area contributed by atoms with Crippen molar-refractivity contribution in [3.05, 3.63) is 79.5 Å². The van der Waals surface area contributed by atoms with Gasteiger partial charge in [-0.1, -0.05) is 79.9 Å². The summed E-state index contributed by atoms with van der Waals surface area (Å²) in [5, 5.41) is -0.153. The van der Waals surface area contributed by atoms with Crippen LogP contribution in [0.5, 0.6) is 0 Å². The van der Waals surface area contributed by atoms with Crippen LogP contribution in [0.4, 0.5) is 0 Å². The smallest absolute Gasteiger partial charge is 0.200 e. The highest BCUT2D eigenvalue weighted by Crippen LogP contribution is 2.51. The number of hydrogen-bond donors (Lipinski definition) is 0. The predicted octanol–water partition coefficient (Wildman–Crippen LogP) is 10.6. The summed E-state index contributed by atoms with van der Waals surface area (Å²) in [6.45, 7) is 21.4. The number of allylic oxidation sites excluding steroid dienone is 4. The fourth-order valence-electron chi connectivity index (χ4n) is 4.96. The first-order valence-corrected chi connectivity index (χ1v) is 25.7. The van der Waals surface area contributed by atoms with Crippen molar-refractivity contribution < 1.29 is 16.8 Å². The maximum atomic E-state index is 13.7. The van der Waals surface area contributed by atoms with Gasteiger partial charge in [0.2, 0.25) is 0 Å². The number of hydrogen-bond acceptors (Lipinski definition) is 7. The average Bonchev–Trinajstić information content (AvgIpc) is 3.66. The Morgan fingerprint density at radius 2 is 0.721 bits per heavy atom. The van der Waals surface area contributed by atoms with Gasteiger partial charge >= 0.3 is 0 Å². The molecule has 0 fully saturated rings. The Labute approximate surface area is 271 Å². The first-order chi connectivity index (χ1) is 19.6. The zero-order valence-electron chi connectivity index (χ0n) is 26.4. The van der Waals surface area contributed by atoms with Gasteiger partial charge in [-0.25, -0.2) is 16.8 Å². The molecule has 230 valence electrons. The van der Waals surface area contributed by atoms with Crippen LogP contribution in [0.3, 0.4) is 0 Å². The minimum absolute atomic E-state index is 0.0765. The predicted molar refractivity (Wildman–Crippen MR) is 195 cm³/mol. The van der Waals surface area contributed by atoms with E-state index in [1.807, 2.05) is 36.4 Å². The zero-order valence-corrected chi connectivity index (χ0v) is 32.5. The molecule has 2 aliphatic rings. The second-order valence-electron chi connectivity index (χ2n) is 14.4. The van der Waals surface area contributed by atoms with Gasteiger partial charge in [-0.3, -0.25) is 0 Å². The lowest BCUT2D eigenvalue weighted by Crippen LogP contribution is -2.41. The highest BCUT2D eigenvalue weighted by molar-refractivity contribution is 8.07. The molecular formula is C32H40O4S5Si2. The molecule has 0 spiro atoms. The van der Waals surface area contributed by atoms with Crippen LogP contribution in [-0.2, 0) is 19.7 Å². The molecule has 4 nitrogen and oxygen atoms in total. The molecule has 43 heavy (non-hydrogen) atoms. The van der Waals surface area contributed by atoms with Gasteiger partial charge in [-0.05, 0) is 58.6 Å². The Kier molecular flexibility index (Phi) is 7.98. The van der Waals surface area contributed by atoms with E-state index in [1.165, 1.54) is 22.7 Å². The molecule has 3 aromatic heterocycles. The maximum absolute atomic E-state index is 13.7. The second kappa shape index (κ2) is 10.5. The normalized spacial score (nSPS) is 18.8. The van der Waals surface area contributed by atoms with Crippen LogP contribution >= 0.6 is 34.0 Å². The Morgan fingerprint density at radius 3 is 1.00 bits per heavy atom. The van der Waals surface area contributed by atoms with Crippen molar-refractivity contribution in [1.82, 2.24) is 0 Å². The van der Waals surface area contributed by atoms with Crippen molar-refractivity contribution in [2.75, 3.05) is 0 Å². The molecule has 11 heteroatoms. The summed E-state index contributed by atoms with van der Waals surface area (Å²) in [5.41, 5.74) is 0. The lowest BCUT2D eigenvalue weighted by Gasteiger charge is -2.37. The summed E-state index contributed by atoms with van der Waals surface area (Å²) in [6, 6.07) is 12.0. The molecule has 3 aromatic rings. The molecule has 0 aliphatic carbocycles. The van der Waals surface area contributed by atoms with E-state index in [4.69, 9.17) is 0 Å². The number of thiophene rings is 3. The van der Waals surface area contributed by atoms with Gasteiger partial charge in [0, 0.05) is 38.3 Å². The minimum atomic E-state index is -3.52. The molecule has 0 bridgehead atoms. The van der Waals surface area contributed by atoms with E-state index in [9.17, 15) is 16.8 Å². The molecule has 0 unspecified atom stereocenters. The van der Waals surface area contributed by atoms with Crippen molar-refractivity contribution in [2.45, 2.75) is 77.8 Å². The summed E-state index contributed by atoms with van der Waals surface area (Å²) in [7, 11) is -11.5. The van der Waals surface area contributed by atoms with Gasteiger partial charge in [-0.2, -0.15) is 0 Å². The molecule has 0 atom stereocenters. The number of sulfone groups is 2. The summed E-state index contributed by atoms with van der Waals surface area (Å²) in [4.78, 5) is 6.48. The fraction of sp³-hybridized carbons (Fsp3) is 0.375. The summed E-state index contributed by atoms with van der Waals surface area (Å²) in [5.74, 6) is 0.